The van der Waals surface area contributed by atoms with Gasteiger partial charge in [0.2, 0.25) is 0 Å². The molecule has 0 spiro atoms. The van der Waals surface area contributed by atoms with Crippen LogP contribution in [0.2, 0.25) is 5.02 Å². The minimum atomic E-state index is -0.266. The SMILES string of the molecule is CCC(NC(=O)c1ccc(Cl)cc1)C(N)=S. The van der Waals surface area contributed by atoms with Crippen LogP contribution in [-0.4, -0.2) is 16.9 Å². The second-order valence-electron chi connectivity index (χ2n) is 3.34. The van der Waals surface area contributed by atoms with Gasteiger partial charge in [-0.3, -0.25) is 4.79 Å². The van der Waals surface area contributed by atoms with E-state index in [0.29, 0.717) is 22.0 Å². The van der Waals surface area contributed by atoms with E-state index in [0.717, 1.165) is 0 Å². The predicted molar refractivity (Wildman–Crippen MR) is 69.8 cm³/mol. The van der Waals surface area contributed by atoms with Gasteiger partial charge in [0.15, 0.2) is 0 Å². The molecule has 1 unspecified atom stereocenters. The molecule has 16 heavy (non-hydrogen) atoms. The predicted octanol–water partition coefficient (Wildman–Crippen LogP) is 2.13. The van der Waals surface area contributed by atoms with Gasteiger partial charge in [0.05, 0.1) is 11.0 Å². The van der Waals surface area contributed by atoms with Crippen molar-refractivity contribution in [1.82, 2.24) is 5.32 Å². The van der Waals surface area contributed by atoms with E-state index in [9.17, 15) is 4.79 Å². The number of thiocarbonyl (C=S) groups is 1. The van der Waals surface area contributed by atoms with Crippen LogP contribution in [0, 0.1) is 0 Å². The van der Waals surface area contributed by atoms with Crippen molar-refractivity contribution in [3.8, 4) is 0 Å². The van der Waals surface area contributed by atoms with E-state index < -0.39 is 0 Å². The summed E-state index contributed by atoms with van der Waals surface area (Å²) in [6.07, 6.45) is 0.675. The van der Waals surface area contributed by atoms with Gasteiger partial charge in [-0.05, 0) is 30.7 Å². The Kier molecular flexibility index (Phi) is 4.71. The molecule has 0 saturated heterocycles. The van der Waals surface area contributed by atoms with Crippen LogP contribution < -0.4 is 11.1 Å². The second kappa shape index (κ2) is 5.82. The van der Waals surface area contributed by atoms with E-state index >= 15 is 0 Å². The van der Waals surface area contributed by atoms with Crippen LogP contribution in [0.15, 0.2) is 24.3 Å². The van der Waals surface area contributed by atoms with Crippen molar-refractivity contribution in [2.24, 2.45) is 5.73 Å². The van der Waals surface area contributed by atoms with Gasteiger partial charge in [0.1, 0.15) is 0 Å². The van der Waals surface area contributed by atoms with Crippen LogP contribution >= 0.6 is 23.8 Å². The highest BCUT2D eigenvalue weighted by molar-refractivity contribution is 7.80. The summed E-state index contributed by atoms with van der Waals surface area (Å²) in [5.74, 6) is -0.198. The zero-order chi connectivity index (χ0) is 12.1. The van der Waals surface area contributed by atoms with Crippen LogP contribution in [0.25, 0.3) is 0 Å². The Labute approximate surface area is 105 Å². The molecule has 1 aromatic carbocycles. The Morgan fingerprint density at radius 1 is 1.50 bits per heavy atom. The number of nitrogens with one attached hydrogen (secondary N) is 1. The average Bonchev–Trinajstić information content (AvgIpc) is 2.26. The third-order valence-electron chi connectivity index (χ3n) is 2.16. The van der Waals surface area contributed by atoms with Gasteiger partial charge < -0.3 is 11.1 Å². The molecule has 1 rings (SSSR count). The first-order chi connectivity index (χ1) is 7.54. The number of carbonyl (C=O) groups is 1. The number of rotatable bonds is 4. The van der Waals surface area contributed by atoms with Crippen molar-refractivity contribution in [3.05, 3.63) is 34.9 Å². The highest BCUT2D eigenvalue weighted by atomic mass is 35.5. The van der Waals surface area contributed by atoms with E-state index in [-0.39, 0.29) is 11.9 Å². The largest absolute Gasteiger partial charge is 0.392 e. The van der Waals surface area contributed by atoms with Crippen LogP contribution in [0.3, 0.4) is 0 Å². The number of benzene rings is 1. The first-order valence-electron chi connectivity index (χ1n) is 4.90. The summed E-state index contributed by atoms with van der Waals surface area (Å²) in [6.45, 7) is 1.91. The first-order valence-corrected chi connectivity index (χ1v) is 5.69. The summed E-state index contributed by atoms with van der Waals surface area (Å²) < 4.78 is 0. The monoisotopic (exact) mass is 256 g/mol. The van der Waals surface area contributed by atoms with E-state index in [4.69, 9.17) is 29.6 Å². The summed E-state index contributed by atoms with van der Waals surface area (Å²) in [6, 6.07) is 6.38. The summed E-state index contributed by atoms with van der Waals surface area (Å²) >= 11 is 10.6. The Morgan fingerprint density at radius 3 is 2.50 bits per heavy atom. The molecule has 3 nitrogen and oxygen atoms in total. The molecule has 86 valence electrons. The van der Waals surface area contributed by atoms with Crippen LogP contribution in [0.4, 0.5) is 0 Å². The molecule has 0 aliphatic carbocycles. The van der Waals surface area contributed by atoms with Gasteiger partial charge >= 0.3 is 0 Å². The standard InChI is InChI=1S/C11H13ClN2OS/c1-2-9(10(13)16)14-11(15)7-3-5-8(12)6-4-7/h3-6,9H,2H2,1H3,(H2,13,16)(H,14,15). The van der Waals surface area contributed by atoms with Gasteiger partial charge in [0.25, 0.3) is 5.91 Å². The summed E-state index contributed by atoms with van der Waals surface area (Å²) in [4.78, 5) is 12.1. The van der Waals surface area contributed by atoms with Gasteiger partial charge in [-0.15, -0.1) is 0 Å². The number of hydrogen-bond donors (Lipinski definition) is 2. The molecule has 0 saturated carbocycles. The van der Waals surface area contributed by atoms with Gasteiger partial charge in [-0.25, -0.2) is 0 Å². The van der Waals surface area contributed by atoms with Crippen LogP contribution in [0.1, 0.15) is 23.7 Å². The minimum absolute atomic E-state index is 0.198. The van der Waals surface area contributed by atoms with Crippen molar-refractivity contribution < 1.29 is 4.79 Å². The molecule has 1 aromatic rings. The van der Waals surface area contributed by atoms with E-state index in [1.807, 2.05) is 6.92 Å². The second-order valence-corrected chi connectivity index (χ2v) is 4.25. The van der Waals surface area contributed by atoms with Crippen molar-refractivity contribution in [1.29, 1.82) is 0 Å². The topological polar surface area (TPSA) is 55.1 Å². The van der Waals surface area contributed by atoms with Crippen LogP contribution in [-0.2, 0) is 0 Å². The van der Waals surface area contributed by atoms with Crippen LogP contribution in [0.5, 0.6) is 0 Å². The third-order valence-corrected chi connectivity index (χ3v) is 2.70. The lowest BCUT2D eigenvalue weighted by atomic mass is 10.1. The zero-order valence-corrected chi connectivity index (χ0v) is 10.4. The summed E-state index contributed by atoms with van der Waals surface area (Å²) in [5.41, 5.74) is 6.03. The quantitative estimate of drug-likeness (QED) is 0.812. The van der Waals surface area contributed by atoms with Crippen molar-refractivity contribution in [2.75, 3.05) is 0 Å². The first kappa shape index (κ1) is 12.9. The molecular weight excluding hydrogens is 244 g/mol. The molecule has 0 aromatic heterocycles. The number of amides is 1. The van der Waals surface area contributed by atoms with E-state index in [1.165, 1.54) is 0 Å². The lowest BCUT2D eigenvalue weighted by Gasteiger charge is -2.15. The maximum Gasteiger partial charge on any atom is 0.251 e. The molecule has 0 radical (unpaired) electrons. The molecule has 1 atom stereocenters. The zero-order valence-electron chi connectivity index (χ0n) is 8.87. The molecule has 0 aliphatic heterocycles. The maximum absolute atomic E-state index is 11.8. The highest BCUT2D eigenvalue weighted by Crippen LogP contribution is 2.09. The summed E-state index contributed by atoms with van der Waals surface area (Å²) in [5, 5.41) is 3.35. The Morgan fingerprint density at radius 2 is 2.06 bits per heavy atom. The van der Waals surface area contributed by atoms with Gasteiger partial charge in [0, 0.05) is 10.6 Å². The van der Waals surface area contributed by atoms with Gasteiger partial charge in [-0.1, -0.05) is 30.7 Å². The maximum atomic E-state index is 11.8. The smallest absolute Gasteiger partial charge is 0.251 e. The van der Waals surface area contributed by atoms with Gasteiger partial charge in [-0.2, -0.15) is 0 Å². The molecular formula is C11H13ClN2OS. The number of nitrogens with two attached hydrogens (primary N) is 1. The third kappa shape index (κ3) is 3.47. The highest BCUT2D eigenvalue weighted by Gasteiger charge is 2.13. The van der Waals surface area contributed by atoms with Crippen molar-refractivity contribution in [2.45, 2.75) is 19.4 Å². The van der Waals surface area contributed by atoms with Crippen molar-refractivity contribution in [3.63, 3.8) is 0 Å². The fourth-order valence-electron chi connectivity index (χ4n) is 1.22. The molecule has 1 amide bonds. The normalized spacial score (nSPS) is 11.9. The molecule has 3 N–H and O–H groups in total. The van der Waals surface area contributed by atoms with Crippen molar-refractivity contribution >= 4 is 34.7 Å². The van der Waals surface area contributed by atoms with E-state index in [1.54, 1.807) is 24.3 Å². The minimum Gasteiger partial charge on any atom is -0.392 e. The Hall–Kier alpha value is -1.13. The molecule has 0 fully saturated rings. The number of hydrogen-bond acceptors (Lipinski definition) is 2. The molecule has 0 heterocycles. The fourth-order valence-corrected chi connectivity index (χ4v) is 1.57. The Balaban J connectivity index is 2.71. The lowest BCUT2D eigenvalue weighted by Crippen LogP contribution is -2.42. The molecule has 5 heteroatoms. The lowest BCUT2D eigenvalue weighted by molar-refractivity contribution is 0.0946. The fraction of sp³-hybridized carbons (Fsp3) is 0.273. The average molecular weight is 257 g/mol. The molecule has 0 aliphatic rings. The summed E-state index contributed by atoms with van der Waals surface area (Å²) in [7, 11) is 0. The number of halogens is 1. The van der Waals surface area contributed by atoms with E-state index in [2.05, 4.69) is 5.32 Å². The number of carbonyl (C=O) groups excluding carboxylic acids is 1. The molecule has 0 bridgehead atoms. The Bertz CT molecular complexity index is 391.